The number of ether oxygens (including phenoxy) is 2. The summed E-state index contributed by atoms with van der Waals surface area (Å²) in [6.45, 7) is 1.51. The highest BCUT2D eigenvalue weighted by Gasteiger charge is 2.24. The Labute approximate surface area is 184 Å². The minimum absolute atomic E-state index is 0.197. The molecule has 2 aromatic rings. The second-order valence-corrected chi connectivity index (χ2v) is 8.40. The van der Waals surface area contributed by atoms with Gasteiger partial charge in [0.25, 0.3) is 5.91 Å². The van der Waals surface area contributed by atoms with E-state index in [0.29, 0.717) is 33.5 Å². The molecule has 0 spiro atoms. The van der Waals surface area contributed by atoms with Gasteiger partial charge in [0.2, 0.25) is 0 Å². The summed E-state index contributed by atoms with van der Waals surface area (Å²) in [4.78, 5) is 36.9. The molecule has 1 amide bonds. The maximum Gasteiger partial charge on any atom is 0.341 e. The van der Waals surface area contributed by atoms with Crippen LogP contribution in [0.15, 0.2) is 29.6 Å². The molecule has 1 N–H and O–H groups in total. The van der Waals surface area contributed by atoms with Crippen LogP contribution in [0.1, 0.15) is 49.4 Å². The van der Waals surface area contributed by atoms with Gasteiger partial charge in [0, 0.05) is 28.0 Å². The zero-order valence-electron chi connectivity index (χ0n) is 16.7. The van der Waals surface area contributed by atoms with Gasteiger partial charge < -0.3 is 14.8 Å². The van der Waals surface area contributed by atoms with E-state index in [1.807, 2.05) is 6.07 Å². The van der Waals surface area contributed by atoms with Crippen LogP contribution in [0.5, 0.6) is 0 Å². The third-order valence-corrected chi connectivity index (χ3v) is 6.21. The first-order chi connectivity index (χ1) is 14.5. The number of thiophene rings is 1. The fraction of sp³-hybridized carbons (Fsp3) is 0.409. The average molecular weight is 450 g/mol. The highest BCUT2D eigenvalue weighted by molar-refractivity contribution is 7.15. The normalized spacial score (nSPS) is 13.8. The number of carbonyl (C=O) groups is 3. The van der Waals surface area contributed by atoms with Crippen molar-refractivity contribution in [2.75, 3.05) is 18.5 Å². The van der Waals surface area contributed by atoms with Gasteiger partial charge in [-0.1, -0.05) is 42.6 Å². The van der Waals surface area contributed by atoms with Gasteiger partial charge in [0.15, 0.2) is 6.61 Å². The quantitative estimate of drug-likeness (QED) is 0.552. The molecule has 1 aromatic heterocycles. The minimum Gasteiger partial charge on any atom is -0.462 e. The minimum atomic E-state index is -0.554. The lowest BCUT2D eigenvalue weighted by Gasteiger charge is -2.11. The fourth-order valence-electron chi connectivity index (χ4n) is 3.55. The van der Waals surface area contributed by atoms with Crippen LogP contribution >= 0.6 is 22.9 Å². The fourth-order valence-corrected chi connectivity index (χ4v) is 4.75. The molecule has 0 radical (unpaired) electrons. The van der Waals surface area contributed by atoms with Crippen molar-refractivity contribution < 1.29 is 23.9 Å². The van der Waals surface area contributed by atoms with Crippen molar-refractivity contribution >= 4 is 45.8 Å². The zero-order valence-corrected chi connectivity index (χ0v) is 18.3. The summed E-state index contributed by atoms with van der Waals surface area (Å²) in [6.07, 6.45) is 4.69. The molecule has 0 atom stereocenters. The van der Waals surface area contributed by atoms with Crippen LogP contribution in [0.25, 0.3) is 11.1 Å². The maximum absolute atomic E-state index is 12.6. The number of benzene rings is 1. The monoisotopic (exact) mass is 449 g/mol. The number of rotatable bonds is 8. The summed E-state index contributed by atoms with van der Waals surface area (Å²) in [5, 5.41) is 5.23. The summed E-state index contributed by atoms with van der Waals surface area (Å²) >= 11 is 7.48. The van der Waals surface area contributed by atoms with Gasteiger partial charge >= 0.3 is 11.9 Å². The number of carbonyl (C=O) groups excluding carboxylic acids is 3. The molecule has 1 aliphatic rings. The lowest BCUT2D eigenvalue weighted by atomic mass is 10.0. The molecule has 8 heteroatoms. The molecule has 0 bridgehead atoms. The van der Waals surface area contributed by atoms with Gasteiger partial charge in [0.05, 0.1) is 6.61 Å². The highest BCUT2D eigenvalue weighted by Crippen LogP contribution is 2.39. The van der Waals surface area contributed by atoms with Gasteiger partial charge in [-0.15, -0.1) is 11.3 Å². The number of hydrogen-bond acceptors (Lipinski definition) is 6. The molecule has 0 unspecified atom stereocenters. The molecular formula is C22H24ClNO5S. The van der Waals surface area contributed by atoms with E-state index in [1.165, 1.54) is 11.3 Å². The predicted molar refractivity (Wildman–Crippen MR) is 117 cm³/mol. The van der Waals surface area contributed by atoms with Crippen LogP contribution < -0.4 is 5.32 Å². The van der Waals surface area contributed by atoms with Crippen LogP contribution in [0.2, 0.25) is 5.02 Å². The molecule has 30 heavy (non-hydrogen) atoms. The summed E-state index contributed by atoms with van der Waals surface area (Å²) in [5.41, 5.74) is 1.49. The second kappa shape index (κ2) is 10.6. The Hall–Kier alpha value is -2.38. The average Bonchev–Trinajstić information content (AvgIpc) is 3.37. The van der Waals surface area contributed by atoms with Gasteiger partial charge in [-0.3, -0.25) is 9.59 Å². The molecule has 3 rings (SSSR count). The van der Waals surface area contributed by atoms with E-state index in [4.69, 9.17) is 21.1 Å². The molecule has 0 aliphatic heterocycles. The summed E-state index contributed by atoms with van der Waals surface area (Å²) in [7, 11) is 0. The molecule has 1 aliphatic carbocycles. The number of anilines is 1. The van der Waals surface area contributed by atoms with Crippen LogP contribution in [-0.4, -0.2) is 31.1 Å². The first kappa shape index (κ1) is 22.3. The molecule has 6 nitrogen and oxygen atoms in total. The van der Waals surface area contributed by atoms with Crippen LogP contribution in [0.3, 0.4) is 0 Å². The smallest absolute Gasteiger partial charge is 0.341 e. The van der Waals surface area contributed by atoms with E-state index in [2.05, 4.69) is 5.32 Å². The lowest BCUT2D eigenvalue weighted by molar-refractivity contribution is -0.148. The Morgan fingerprint density at radius 2 is 1.87 bits per heavy atom. The topological polar surface area (TPSA) is 81.7 Å². The second-order valence-electron chi connectivity index (χ2n) is 7.12. The van der Waals surface area contributed by atoms with E-state index < -0.39 is 18.5 Å². The van der Waals surface area contributed by atoms with Gasteiger partial charge in [-0.2, -0.15) is 0 Å². The number of halogens is 1. The van der Waals surface area contributed by atoms with E-state index in [0.717, 1.165) is 25.7 Å². The zero-order chi connectivity index (χ0) is 21.5. The van der Waals surface area contributed by atoms with Crippen LogP contribution in [0, 0.1) is 5.92 Å². The molecule has 1 saturated carbocycles. The summed E-state index contributed by atoms with van der Waals surface area (Å²) < 4.78 is 10.3. The van der Waals surface area contributed by atoms with Crippen molar-refractivity contribution in [2.45, 2.75) is 39.0 Å². The maximum atomic E-state index is 12.6. The number of amides is 1. The SMILES string of the molecule is CCOC(=O)c1c(-c2ccccc2Cl)csc1NC(=O)COC(=O)CC1CCCC1. The first-order valence-electron chi connectivity index (χ1n) is 9.98. The van der Waals surface area contributed by atoms with Crippen molar-refractivity contribution in [3.8, 4) is 11.1 Å². The van der Waals surface area contributed by atoms with E-state index in [1.54, 1.807) is 30.5 Å². The largest absolute Gasteiger partial charge is 0.462 e. The standard InChI is InChI=1S/C22H24ClNO5S/c1-2-28-22(27)20-16(15-9-5-6-10-17(15)23)13-30-21(20)24-18(25)12-29-19(26)11-14-7-3-4-8-14/h5-6,9-10,13-14H,2-4,7-8,11-12H2,1H3,(H,24,25). The van der Waals surface area contributed by atoms with E-state index in [-0.39, 0.29) is 18.1 Å². The number of hydrogen-bond donors (Lipinski definition) is 1. The van der Waals surface area contributed by atoms with Crippen LogP contribution in [0.4, 0.5) is 5.00 Å². The molecule has 160 valence electrons. The van der Waals surface area contributed by atoms with Gasteiger partial charge in [-0.25, -0.2) is 4.79 Å². The van der Waals surface area contributed by atoms with E-state index >= 15 is 0 Å². The number of nitrogens with one attached hydrogen (secondary N) is 1. The van der Waals surface area contributed by atoms with Crippen molar-refractivity contribution in [2.24, 2.45) is 5.92 Å². The van der Waals surface area contributed by atoms with Crippen molar-refractivity contribution in [1.82, 2.24) is 0 Å². The molecule has 1 heterocycles. The Morgan fingerprint density at radius 3 is 2.57 bits per heavy atom. The molecular weight excluding hydrogens is 426 g/mol. The highest BCUT2D eigenvalue weighted by atomic mass is 35.5. The van der Waals surface area contributed by atoms with Gasteiger partial charge in [-0.05, 0) is 31.7 Å². The molecule has 0 saturated heterocycles. The predicted octanol–water partition coefficient (Wildman–Crippen LogP) is 5.31. The third kappa shape index (κ3) is 5.61. The Kier molecular flexibility index (Phi) is 7.87. The summed E-state index contributed by atoms with van der Waals surface area (Å²) in [6, 6.07) is 7.13. The Bertz CT molecular complexity index is 920. The van der Waals surface area contributed by atoms with Crippen molar-refractivity contribution in [1.29, 1.82) is 0 Å². The Balaban J connectivity index is 1.70. The van der Waals surface area contributed by atoms with E-state index in [9.17, 15) is 14.4 Å². The van der Waals surface area contributed by atoms with Crippen molar-refractivity contribution in [3.05, 3.63) is 40.2 Å². The Morgan fingerprint density at radius 1 is 1.13 bits per heavy atom. The first-order valence-corrected chi connectivity index (χ1v) is 11.2. The van der Waals surface area contributed by atoms with Gasteiger partial charge in [0.1, 0.15) is 10.6 Å². The van der Waals surface area contributed by atoms with Crippen LogP contribution in [-0.2, 0) is 19.1 Å². The molecule has 1 fully saturated rings. The molecule has 1 aromatic carbocycles. The summed E-state index contributed by atoms with van der Waals surface area (Å²) in [5.74, 6) is -1.08. The third-order valence-electron chi connectivity index (χ3n) is 4.98. The number of esters is 2. The lowest BCUT2D eigenvalue weighted by Crippen LogP contribution is -2.22. The van der Waals surface area contributed by atoms with Crippen molar-refractivity contribution in [3.63, 3.8) is 0 Å².